The Hall–Kier alpha value is -1.31. The topological polar surface area (TPSA) is 99.7 Å². The Morgan fingerprint density at radius 2 is 2.00 bits per heavy atom. The normalized spacial score (nSPS) is 21.5. The third-order valence-corrected chi connectivity index (χ3v) is 4.81. The second-order valence-electron chi connectivity index (χ2n) is 6.55. The zero-order valence-corrected chi connectivity index (χ0v) is 14.7. The van der Waals surface area contributed by atoms with E-state index in [1.165, 1.54) is 0 Å². The van der Waals surface area contributed by atoms with Crippen LogP contribution in [0.4, 0.5) is 0 Å². The Morgan fingerprint density at radius 3 is 2.50 bits per heavy atom. The van der Waals surface area contributed by atoms with Crippen molar-refractivity contribution in [1.82, 2.24) is 16.0 Å². The van der Waals surface area contributed by atoms with Crippen LogP contribution >= 0.6 is 0 Å². The fourth-order valence-electron chi connectivity index (χ4n) is 2.14. The van der Waals surface area contributed by atoms with E-state index in [9.17, 15) is 13.2 Å². The minimum absolute atomic E-state index is 0.0518. The highest BCUT2D eigenvalue weighted by Crippen LogP contribution is 2.11. The predicted molar refractivity (Wildman–Crippen MR) is 88.7 cm³/mol. The number of rotatable bonds is 5. The Balaban J connectivity index is 2.40. The summed E-state index contributed by atoms with van der Waals surface area (Å²) in [5.41, 5.74) is -0.110. The van der Waals surface area contributed by atoms with E-state index in [0.717, 1.165) is 6.54 Å². The van der Waals surface area contributed by atoms with Gasteiger partial charge in [0, 0.05) is 24.5 Å². The van der Waals surface area contributed by atoms with E-state index in [1.807, 2.05) is 27.7 Å². The molecule has 1 saturated heterocycles. The smallest absolute Gasteiger partial charge is 0.222 e. The zero-order chi connectivity index (χ0) is 16.8. The fourth-order valence-corrected chi connectivity index (χ4v) is 3.81. The number of guanidine groups is 1. The summed E-state index contributed by atoms with van der Waals surface area (Å²) in [6.07, 6.45) is 0.753. The van der Waals surface area contributed by atoms with Crippen molar-refractivity contribution in [2.24, 2.45) is 4.99 Å². The molecule has 0 aliphatic carbocycles. The lowest BCUT2D eigenvalue weighted by atomic mass is 10.1. The van der Waals surface area contributed by atoms with E-state index in [0.29, 0.717) is 18.9 Å². The van der Waals surface area contributed by atoms with Crippen LogP contribution in [0.1, 0.15) is 40.5 Å². The van der Waals surface area contributed by atoms with E-state index in [1.54, 1.807) is 0 Å². The van der Waals surface area contributed by atoms with Crippen LogP contribution in [0.25, 0.3) is 0 Å². The molecule has 0 spiro atoms. The molecule has 8 heteroatoms. The third kappa shape index (κ3) is 7.63. The van der Waals surface area contributed by atoms with Crippen molar-refractivity contribution in [2.45, 2.75) is 52.1 Å². The predicted octanol–water partition coefficient (Wildman–Crippen LogP) is 0.0334. The lowest BCUT2D eigenvalue weighted by Crippen LogP contribution is -2.47. The van der Waals surface area contributed by atoms with E-state index >= 15 is 0 Å². The molecule has 0 aromatic heterocycles. The van der Waals surface area contributed by atoms with Gasteiger partial charge in [0.2, 0.25) is 5.91 Å². The minimum Gasteiger partial charge on any atom is -0.357 e. The zero-order valence-electron chi connectivity index (χ0n) is 13.9. The highest BCUT2D eigenvalue weighted by Gasteiger charge is 2.28. The molecule has 0 saturated carbocycles. The number of hydrogen-bond acceptors (Lipinski definition) is 4. The van der Waals surface area contributed by atoms with Gasteiger partial charge in [0.05, 0.1) is 18.1 Å². The summed E-state index contributed by atoms with van der Waals surface area (Å²) >= 11 is 0. The van der Waals surface area contributed by atoms with Crippen LogP contribution in [-0.2, 0) is 14.6 Å². The number of hydrogen-bond donors (Lipinski definition) is 3. The first-order chi connectivity index (χ1) is 10.1. The van der Waals surface area contributed by atoms with Crippen molar-refractivity contribution in [3.8, 4) is 0 Å². The van der Waals surface area contributed by atoms with Gasteiger partial charge in [-0.15, -0.1) is 0 Å². The SMILES string of the molecule is CCNC(=NCCC(=O)NC1CCS(=O)(=O)C1)NC(C)(C)C. The molecule has 0 aromatic rings. The molecule has 1 amide bonds. The van der Waals surface area contributed by atoms with Crippen LogP contribution in [0.15, 0.2) is 4.99 Å². The van der Waals surface area contributed by atoms with Crippen LogP contribution in [0.3, 0.4) is 0 Å². The molecule has 0 radical (unpaired) electrons. The van der Waals surface area contributed by atoms with Gasteiger partial charge in [0.1, 0.15) is 0 Å². The van der Waals surface area contributed by atoms with Crippen LogP contribution in [0.2, 0.25) is 0 Å². The first kappa shape index (κ1) is 18.7. The summed E-state index contributed by atoms with van der Waals surface area (Å²) in [6, 6.07) is -0.248. The lowest BCUT2D eigenvalue weighted by molar-refractivity contribution is -0.121. The number of carbonyl (C=O) groups excluding carboxylic acids is 1. The Morgan fingerprint density at radius 1 is 1.32 bits per heavy atom. The van der Waals surface area contributed by atoms with Gasteiger partial charge in [-0.05, 0) is 34.1 Å². The number of sulfone groups is 1. The summed E-state index contributed by atoms with van der Waals surface area (Å²) in [6.45, 7) is 9.19. The highest BCUT2D eigenvalue weighted by atomic mass is 32.2. The number of aliphatic imine (C=N–C) groups is 1. The maximum absolute atomic E-state index is 11.8. The van der Waals surface area contributed by atoms with Crippen LogP contribution < -0.4 is 16.0 Å². The molecule has 0 bridgehead atoms. The van der Waals surface area contributed by atoms with Crippen molar-refractivity contribution in [1.29, 1.82) is 0 Å². The van der Waals surface area contributed by atoms with Gasteiger partial charge in [-0.3, -0.25) is 9.79 Å². The van der Waals surface area contributed by atoms with Gasteiger partial charge >= 0.3 is 0 Å². The largest absolute Gasteiger partial charge is 0.357 e. The number of amides is 1. The number of nitrogens with zero attached hydrogens (tertiary/aromatic N) is 1. The van der Waals surface area contributed by atoms with Gasteiger partial charge in [-0.1, -0.05) is 0 Å². The third-order valence-electron chi connectivity index (χ3n) is 3.04. The van der Waals surface area contributed by atoms with Gasteiger partial charge in [0.25, 0.3) is 0 Å². The molecule has 22 heavy (non-hydrogen) atoms. The molecule has 1 heterocycles. The maximum atomic E-state index is 11.8. The molecular weight excluding hydrogens is 304 g/mol. The van der Waals surface area contributed by atoms with Crippen molar-refractivity contribution in [3.63, 3.8) is 0 Å². The molecule has 128 valence electrons. The average molecular weight is 332 g/mol. The Bertz CT molecular complexity index is 509. The molecule has 1 rings (SSSR count). The summed E-state index contributed by atoms with van der Waals surface area (Å²) < 4.78 is 22.7. The monoisotopic (exact) mass is 332 g/mol. The van der Waals surface area contributed by atoms with E-state index in [-0.39, 0.29) is 35.4 Å². The quantitative estimate of drug-likeness (QED) is 0.487. The van der Waals surface area contributed by atoms with Crippen molar-refractivity contribution in [2.75, 3.05) is 24.6 Å². The van der Waals surface area contributed by atoms with Crippen LogP contribution in [-0.4, -0.2) is 56.5 Å². The molecule has 1 atom stereocenters. The van der Waals surface area contributed by atoms with Gasteiger partial charge in [-0.2, -0.15) is 0 Å². The molecule has 3 N–H and O–H groups in total. The summed E-state index contributed by atoms with van der Waals surface area (Å²) in [5, 5.41) is 9.13. The van der Waals surface area contributed by atoms with Gasteiger partial charge < -0.3 is 16.0 Å². The van der Waals surface area contributed by atoms with Crippen LogP contribution in [0, 0.1) is 0 Å². The second-order valence-corrected chi connectivity index (χ2v) is 8.78. The number of carbonyl (C=O) groups is 1. The number of nitrogens with one attached hydrogen (secondary N) is 3. The second kappa shape index (κ2) is 7.80. The van der Waals surface area contributed by atoms with E-state index in [4.69, 9.17) is 0 Å². The lowest BCUT2D eigenvalue weighted by Gasteiger charge is -2.23. The maximum Gasteiger partial charge on any atom is 0.222 e. The summed E-state index contributed by atoms with van der Waals surface area (Å²) in [5.74, 6) is 0.732. The van der Waals surface area contributed by atoms with E-state index in [2.05, 4.69) is 20.9 Å². The first-order valence-electron chi connectivity index (χ1n) is 7.67. The average Bonchev–Trinajstić information content (AvgIpc) is 2.66. The van der Waals surface area contributed by atoms with Crippen molar-refractivity contribution in [3.05, 3.63) is 0 Å². The molecule has 1 unspecified atom stereocenters. The van der Waals surface area contributed by atoms with Crippen molar-refractivity contribution < 1.29 is 13.2 Å². The summed E-state index contributed by atoms with van der Waals surface area (Å²) in [4.78, 5) is 16.2. The molecule has 0 aromatic carbocycles. The first-order valence-corrected chi connectivity index (χ1v) is 9.50. The molecule has 7 nitrogen and oxygen atoms in total. The Kier molecular flexibility index (Phi) is 6.65. The Labute approximate surface area is 133 Å². The standard InChI is InChI=1S/C14H28N4O3S/c1-5-15-13(18-14(2,3)4)16-8-6-12(19)17-11-7-9-22(20,21)10-11/h11H,5-10H2,1-4H3,(H,17,19)(H2,15,16,18). The summed E-state index contributed by atoms with van der Waals surface area (Å²) in [7, 11) is -2.96. The molecule has 1 aliphatic heterocycles. The molecular formula is C14H28N4O3S. The van der Waals surface area contributed by atoms with Gasteiger partial charge in [0.15, 0.2) is 15.8 Å². The van der Waals surface area contributed by atoms with Crippen LogP contribution in [0.5, 0.6) is 0 Å². The van der Waals surface area contributed by atoms with Crippen molar-refractivity contribution >= 4 is 21.7 Å². The van der Waals surface area contributed by atoms with E-state index < -0.39 is 9.84 Å². The highest BCUT2D eigenvalue weighted by molar-refractivity contribution is 7.91. The van der Waals surface area contributed by atoms with Gasteiger partial charge in [-0.25, -0.2) is 8.42 Å². The molecule has 1 fully saturated rings. The minimum atomic E-state index is -2.96. The fraction of sp³-hybridized carbons (Fsp3) is 0.857. The molecule has 1 aliphatic rings.